The van der Waals surface area contributed by atoms with E-state index in [2.05, 4.69) is 20.8 Å². The van der Waals surface area contributed by atoms with Gasteiger partial charge in [-0.15, -0.1) is 0 Å². The summed E-state index contributed by atoms with van der Waals surface area (Å²) in [7, 11) is 0. The van der Waals surface area contributed by atoms with Crippen LogP contribution in [0.4, 0.5) is 11.4 Å². The highest BCUT2D eigenvalue weighted by molar-refractivity contribution is 5.85. The van der Waals surface area contributed by atoms with Gasteiger partial charge in [-0.2, -0.15) is 15.3 Å². The van der Waals surface area contributed by atoms with Crippen molar-refractivity contribution in [2.45, 2.75) is 6.92 Å². The van der Waals surface area contributed by atoms with Crippen molar-refractivity contribution in [1.82, 2.24) is 5.43 Å². The first-order chi connectivity index (χ1) is 10.1. The second kappa shape index (κ2) is 6.95. The molecule has 0 aliphatic carbocycles. The number of nitrogens with one attached hydrogen (secondary N) is 1. The summed E-state index contributed by atoms with van der Waals surface area (Å²) in [5.41, 5.74) is 4.01. The number of hydrogen-bond acceptors (Lipinski definition) is 5. The van der Waals surface area contributed by atoms with Gasteiger partial charge in [-0.05, 0) is 30.3 Å². The molecule has 0 radical (unpaired) electrons. The third-order valence-corrected chi connectivity index (χ3v) is 2.47. The summed E-state index contributed by atoms with van der Waals surface area (Å²) in [5, 5.41) is 21.6. The monoisotopic (exact) mass is 282 g/mol. The molecule has 0 heterocycles. The Morgan fingerprint density at radius 3 is 2.52 bits per heavy atom. The lowest BCUT2D eigenvalue weighted by molar-refractivity contribution is -0.118. The van der Waals surface area contributed by atoms with Gasteiger partial charge in [0.1, 0.15) is 5.75 Å². The fraction of sp³-hybridized carbons (Fsp3) is 0.0667. The van der Waals surface area contributed by atoms with Crippen LogP contribution >= 0.6 is 0 Å². The molecular formula is C15H14N4O2. The van der Waals surface area contributed by atoms with Gasteiger partial charge in [0.2, 0.25) is 5.91 Å². The predicted octanol–water partition coefficient (Wildman–Crippen LogP) is 3.28. The first-order valence-electron chi connectivity index (χ1n) is 6.24. The second-order valence-electron chi connectivity index (χ2n) is 4.20. The summed E-state index contributed by atoms with van der Waals surface area (Å²) in [6, 6.07) is 14.1. The van der Waals surface area contributed by atoms with Crippen molar-refractivity contribution in [3.05, 3.63) is 54.1 Å². The van der Waals surface area contributed by atoms with Gasteiger partial charge in [0.15, 0.2) is 0 Å². The van der Waals surface area contributed by atoms with Crippen LogP contribution in [-0.2, 0) is 4.79 Å². The number of hydrogen-bond donors (Lipinski definition) is 2. The van der Waals surface area contributed by atoms with E-state index < -0.39 is 0 Å². The maximum Gasteiger partial charge on any atom is 0.236 e. The number of benzene rings is 2. The van der Waals surface area contributed by atoms with Crippen molar-refractivity contribution >= 4 is 23.5 Å². The molecule has 0 saturated heterocycles. The molecule has 0 atom stereocenters. The van der Waals surface area contributed by atoms with Crippen molar-refractivity contribution in [3.63, 3.8) is 0 Å². The van der Waals surface area contributed by atoms with Crippen LogP contribution in [0, 0.1) is 0 Å². The van der Waals surface area contributed by atoms with Crippen LogP contribution in [0.3, 0.4) is 0 Å². The van der Waals surface area contributed by atoms with E-state index >= 15 is 0 Å². The summed E-state index contributed by atoms with van der Waals surface area (Å²) in [4.78, 5) is 10.7. The minimum Gasteiger partial charge on any atom is -0.507 e. The van der Waals surface area contributed by atoms with Gasteiger partial charge in [0.25, 0.3) is 0 Å². The molecule has 21 heavy (non-hydrogen) atoms. The van der Waals surface area contributed by atoms with Crippen LogP contribution < -0.4 is 5.43 Å². The highest BCUT2D eigenvalue weighted by Gasteiger charge is 2.00. The van der Waals surface area contributed by atoms with Gasteiger partial charge in [0.05, 0.1) is 17.6 Å². The fourth-order valence-corrected chi connectivity index (χ4v) is 1.51. The third kappa shape index (κ3) is 4.54. The maximum atomic E-state index is 10.7. The molecule has 6 nitrogen and oxygen atoms in total. The smallest absolute Gasteiger partial charge is 0.236 e. The number of azo groups is 1. The molecular weight excluding hydrogens is 268 g/mol. The van der Waals surface area contributed by atoms with E-state index in [1.807, 2.05) is 30.3 Å². The Bertz CT molecular complexity index is 681. The van der Waals surface area contributed by atoms with E-state index in [9.17, 15) is 9.90 Å². The molecule has 0 aromatic heterocycles. The molecule has 106 valence electrons. The summed E-state index contributed by atoms with van der Waals surface area (Å²) < 4.78 is 0. The molecule has 0 unspecified atom stereocenters. The first kappa shape index (κ1) is 14.4. The number of rotatable bonds is 4. The number of phenols is 1. The van der Waals surface area contributed by atoms with Crippen LogP contribution in [0.15, 0.2) is 63.9 Å². The standard InChI is InChI=1S/C15H14N4O2/c1-11(20)17-16-10-12-9-14(7-8-15(12)21)19-18-13-5-3-2-4-6-13/h2-10,21H,1H3,(H,17,20)/b16-10-,19-18?. The number of carbonyl (C=O) groups is 1. The molecule has 0 aliphatic heterocycles. The van der Waals surface area contributed by atoms with Crippen LogP contribution in [0.5, 0.6) is 5.75 Å². The molecule has 0 saturated carbocycles. The molecule has 0 fully saturated rings. The minimum atomic E-state index is -0.286. The summed E-state index contributed by atoms with van der Waals surface area (Å²) >= 11 is 0. The molecule has 1 amide bonds. The van der Waals surface area contributed by atoms with Crippen molar-refractivity contribution < 1.29 is 9.90 Å². The highest BCUT2D eigenvalue weighted by atomic mass is 16.3. The Kier molecular flexibility index (Phi) is 4.76. The Balaban J connectivity index is 2.16. The van der Waals surface area contributed by atoms with Gasteiger partial charge < -0.3 is 5.11 Å². The van der Waals surface area contributed by atoms with Crippen LogP contribution in [0.25, 0.3) is 0 Å². The number of carbonyl (C=O) groups excluding carboxylic acids is 1. The van der Waals surface area contributed by atoms with Crippen molar-refractivity contribution in [1.29, 1.82) is 0 Å². The summed E-state index contributed by atoms with van der Waals surface area (Å²) in [5.74, 6) is -0.242. The van der Waals surface area contributed by atoms with E-state index in [0.29, 0.717) is 11.3 Å². The Morgan fingerprint density at radius 2 is 1.81 bits per heavy atom. The normalized spacial score (nSPS) is 11.1. The fourth-order valence-electron chi connectivity index (χ4n) is 1.51. The van der Waals surface area contributed by atoms with E-state index in [1.54, 1.807) is 12.1 Å². The van der Waals surface area contributed by atoms with Gasteiger partial charge in [0, 0.05) is 12.5 Å². The van der Waals surface area contributed by atoms with E-state index in [4.69, 9.17) is 0 Å². The minimum absolute atomic E-state index is 0.0442. The van der Waals surface area contributed by atoms with Gasteiger partial charge in [-0.1, -0.05) is 18.2 Å². The zero-order chi connectivity index (χ0) is 15.1. The average molecular weight is 282 g/mol. The maximum absolute atomic E-state index is 10.7. The second-order valence-corrected chi connectivity index (χ2v) is 4.20. The van der Waals surface area contributed by atoms with Crippen molar-refractivity contribution in [2.75, 3.05) is 0 Å². The first-order valence-corrected chi connectivity index (χ1v) is 6.24. The largest absolute Gasteiger partial charge is 0.507 e. The lowest BCUT2D eigenvalue weighted by Gasteiger charge is -2.00. The SMILES string of the molecule is CC(=O)N/N=C\c1cc(N=Nc2ccccc2)ccc1O. The topological polar surface area (TPSA) is 86.4 Å². The van der Waals surface area contributed by atoms with Gasteiger partial charge in [-0.3, -0.25) is 4.79 Å². The Hall–Kier alpha value is -3.02. The average Bonchev–Trinajstić information content (AvgIpc) is 2.48. The zero-order valence-electron chi connectivity index (χ0n) is 11.4. The van der Waals surface area contributed by atoms with Gasteiger partial charge >= 0.3 is 0 Å². The molecule has 2 rings (SSSR count). The molecule has 0 aliphatic rings. The van der Waals surface area contributed by atoms with Crippen molar-refractivity contribution in [2.24, 2.45) is 15.3 Å². The third-order valence-electron chi connectivity index (χ3n) is 2.47. The van der Waals surface area contributed by atoms with Crippen LogP contribution in [0.2, 0.25) is 0 Å². The quantitative estimate of drug-likeness (QED) is 0.512. The molecule has 2 aromatic carbocycles. The summed E-state index contributed by atoms with van der Waals surface area (Å²) in [6.07, 6.45) is 1.35. The zero-order valence-corrected chi connectivity index (χ0v) is 11.4. The number of aromatic hydroxyl groups is 1. The lowest BCUT2D eigenvalue weighted by atomic mass is 10.2. The Labute approximate surface area is 121 Å². The van der Waals surface area contributed by atoms with E-state index in [-0.39, 0.29) is 11.7 Å². The Morgan fingerprint density at radius 1 is 1.10 bits per heavy atom. The van der Waals surface area contributed by atoms with E-state index in [1.165, 1.54) is 19.2 Å². The van der Waals surface area contributed by atoms with E-state index in [0.717, 1.165) is 5.69 Å². The number of hydrazone groups is 1. The van der Waals surface area contributed by atoms with Crippen LogP contribution in [-0.4, -0.2) is 17.2 Å². The predicted molar refractivity (Wildman–Crippen MR) is 80.1 cm³/mol. The molecule has 2 N–H and O–H groups in total. The highest BCUT2D eigenvalue weighted by Crippen LogP contribution is 2.23. The molecule has 0 bridgehead atoms. The van der Waals surface area contributed by atoms with Crippen molar-refractivity contribution in [3.8, 4) is 5.75 Å². The molecule has 6 heteroatoms. The lowest BCUT2D eigenvalue weighted by Crippen LogP contribution is -2.12. The molecule has 2 aromatic rings. The van der Waals surface area contributed by atoms with Crippen LogP contribution in [0.1, 0.15) is 12.5 Å². The number of amides is 1. The van der Waals surface area contributed by atoms with Gasteiger partial charge in [-0.25, -0.2) is 5.43 Å². The molecule has 0 spiro atoms. The number of nitrogens with zero attached hydrogens (tertiary/aromatic N) is 3. The summed E-state index contributed by atoms with van der Waals surface area (Å²) in [6.45, 7) is 1.35. The number of phenolic OH excluding ortho intramolecular Hbond substituents is 1.